The van der Waals surface area contributed by atoms with E-state index in [4.69, 9.17) is 4.74 Å². The van der Waals surface area contributed by atoms with E-state index in [1.807, 2.05) is 37.2 Å². The van der Waals surface area contributed by atoms with Crippen LogP contribution in [0.5, 0.6) is 5.75 Å². The van der Waals surface area contributed by atoms with Crippen LogP contribution in [0, 0.1) is 10.1 Å². The monoisotopic (exact) mass is 383 g/mol. The number of rotatable bonds is 7. The molecular formula is C18H20F3N3O3. The van der Waals surface area contributed by atoms with Crippen LogP contribution in [-0.4, -0.2) is 37.6 Å². The van der Waals surface area contributed by atoms with Gasteiger partial charge in [0.25, 0.3) is 5.69 Å². The number of halogens is 3. The molecule has 1 unspecified atom stereocenters. The molecule has 0 saturated heterocycles. The number of alkyl halides is 3. The third-order valence-electron chi connectivity index (χ3n) is 4.10. The molecular weight excluding hydrogens is 363 g/mol. The molecule has 0 saturated carbocycles. The minimum atomic E-state index is -4.81. The zero-order chi connectivity index (χ0) is 20.2. The summed E-state index contributed by atoms with van der Waals surface area (Å²) < 4.78 is 44.5. The van der Waals surface area contributed by atoms with E-state index in [2.05, 4.69) is 5.32 Å². The van der Waals surface area contributed by atoms with Gasteiger partial charge >= 0.3 is 6.18 Å². The van der Waals surface area contributed by atoms with Gasteiger partial charge < -0.3 is 15.0 Å². The van der Waals surface area contributed by atoms with Gasteiger partial charge in [-0.25, -0.2) is 0 Å². The minimum Gasteiger partial charge on any atom is -0.497 e. The Hall–Kier alpha value is -2.81. The lowest BCUT2D eigenvalue weighted by molar-refractivity contribution is -0.388. The molecule has 0 aliphatic rings. The van der Waals surface area contributed by atoms with E-state index < -0.39 is 22.4 Å². The first-order chi connectivity index (χ1) is 12.6. The lowest BCUT2D eigenvalue weighted by Gasteiger charge is -2.26. The molecule has 0 aliphatic heterocycles. The third-order valence-corrected chi connectivity index (χ3v) is 4.10. The number of nitrogens with one attached hydrogen (secondary N) is 1. The molecule has 9 heteroatoms. The Morgan fingerprint density at radius 3 is 2.48 bits per heavy atom. The van der Waals surface area contributed by atoms with Crippen molar-refractivity contribution >= 4 is 11.4 Å². The second-order valence-electron chi connectivity index (χ2n) is 6.12. The van der Waals surface area contributed by atoms with E-state index in [1.54, 1.807) is 13.2 Å². The lowest BCUT2D eigenvalue weighted by atomic mass is 10.1. The predicted molar refractivity (Wildman–Crippen MR) is 96.0 cm³/mol. The normalized spacial score (nSPS) is 12.7. The molecule has 0 radical (unpaired) electrons. The topological polar surface area (TPSA) is 67.6 Å². The number of hydrogen-bond donors (Lipinski definition) is 1. The SMILES string of the molecule is COc1cccc(C(CNc2ccc([N+](=O)[O-])c(C(F)(F)F)c2)N(C)C)c1. The van der Waals surface area contributed by atoms with Crippen molar-refractivity contribution in [3.05, 3.63) is 63.7 Å². The zero-order valence-electron chi connectivity index (χ0n) is 15.1. The lowest BCUT2D eigenvalue weighted by Crippen LogP contribution is -2.27. The van der Waals surface area contributed by atoms with Crippen molar-refractivity contribution in [2.24, 2.45) is 0 Å². The van der Waals surface area contributed by atoms with E-state index in [1.165, 1.54) is 6.07 Å². The summed E-state index contributed by atoms with van der Waals surface area (Å²) in [6.07, 6.45) is -4.81. The van der Waals surface area contributed by atoms with Crippen LogP contribution in [0.3, 0.4) is 0 Å². The summed E-state index contributed by atoms with van der Waals surface area (Å²) >= 11 is 0. The summed E-state index contributed by atoms with van der Waals surface area (Å²) in [6, 6.07) is 10.1. The van der Waals surface area contributed by atoms with Gasteiger partial charge in [-0.05, 0) is 43.9 Å². The van der Waals surface area contributed by atoms with Crippen molar-refractivity contribution in [1.82, 2.24) is 4.90 Å². The molecule has 2 aromatic rings. The maximum absolute atomic E-state index is 13.1. The molecule has 0 amide bonds. The summed E-state index contributed by atoms with van der Waals surface area (Å²) in [6.45, 7) is 0.301. The second-order valence-corrected chi connectivity index (χ2v) is 6.12. The molecule has 6 nitrogen and oxygen atoms in total. The van der Waals surface area contributed by atoms with Gasteiger partial charge in [-0.3, -0.25) is 10.1 Å². The number of ether oxygens (including phenoxy) is 1. The number of benzene rings is 2. The summed E-state index contributed by atoms with van der Waals surface area (Å²) in [5.41, 5.74) is -1.17. The van der Waals surface area contributed by atoms with Gasteiger partial charge in [-0.2, -0.15) is 13.2 Å². The quantitative estimate of drug-likeness (QED) is 0.569. The summed E-state index contributed by atoms with van der Waals surface area (Å²) in [5, 5.41) is 13.8. The number of hydrogen-bond acceptors (Lipinski definition) is 5. The van der Waals surface area contributed by atoms with Crippen LogP contribution in [0.1, 0.15) is 17.2 Å². The Kier molecular flexibility index (Phi) is 6.27. The molecule has 1 N–H and O–H groups in total. The number of nitrogens with zero attached hydrogens (tertiary/aromatic N) is 2. The molecule has 2 rings (SSSR count). The number of nitro groups is 1. The highest BCUT2D eigenvalue weighted by Gasteiger charge is 2.38. The highest BCUT2D eigenvalue weighted by atomic mass is 19.4. The van der Waals surface area contributed by atoms with Crippen molar-refractivity contribution in [2.45, 2.75) is 12.2 Å². The Morgan fingerprint density at radius 2 is 1.93 bits per heavy atom. The van der Waals surface area contributed by atoms with Crippen LogP contribution in [0.25, 0.3) is 0 Å². The number of nitro benzene ring substituents is 1. The average molecular weight is 383 g/mol. The van der Waals surface area contributed by atoms with Crippen molar-refractivity contribution < 1.29 is 22.8 Å². The summed E-state index contributed by atoms with van der Waals surface area (Å²) in [5.74, 6) is 0.675. The van der Waals surface area contributed by atoms with Gasteiger partial charge in [0.2, 0.25) is 0 Å². The van der Waals surface area contributed by atoms with Crippen molar-refractivity contribution in [2.75, 3.05) is 33.1 Å². The molecule has 146 valence electrons. The zero-order valence-corrected chi connectivity index (χ0v) is 15.1. The number of methoxy groups -OCH3 is 1. The first-order valence-corrected chi connectivity index (χ1v) is 8.03. The average Bonchev–Trinajstić information content (AvgIpc) is 2.60. The fourth-order valence-corrected chi connectivity index (χ4v) is 2.69. The third kappa shape index (κ3) is 5.10. The van der Waals surface area contributed by atoms with Crippen LogP contribution in [-0.2, 0) is 6.18 Å². The second kappa shape index (κ2) is 8.26. The molecule has 1 atom stereocenters. The van der Waals surface area contributed by atoms with Gasteiger partial charge in [-0.1, -0.05) is 12.1 Å². The number of likely N-dealkylation sites (N-methyl/N-ethyl adjacent to an activating group) is 1. The summed E-state index contributed by atoms with van der Waals surface area (Å²) in [4.78, 5) is 11.7. The Balaban J connectivity index is 2.26. The van der Waals surface area contributed by atoms with Crippen LogP contribution in [0.15, 0.2) is 42.5 Å². The van der Waals surface area contributed by atoms with Crippen LogP contribution in [0.4, 0.5) is 24.5 Å². The smallest absolute Gasteiger partial charge is 0.423 e. The van der Waals surface area contributed by atoms with Crippen molar-refractivity contribution in [3.8, 4) is 5.75 Å². The first-order valence-electron chi connectivity index (χ1n) is 8.03. The number of anilines is 1. The van der Waals surface area contributed by atoms with E-state index in [0.717, 1.165) is 17.7 Å². The summed E-state index contributed by atoms with van der Waals surface area (Å²) in [7, 11) is 5.25. The maximum Gasteiger partial charge on any atom is 0.423 e. The largest absolute Gasteiger partial charge is 0.497 e. The molecule has 0 aliphatic carbocycles. The van der Waals surface area contributed by atoms with Crippen LogP contribution < -0.4 is 10.1 Å². The molecule has 0 fully saturated rings. The molecule has 0 spiro atoms. The fourth-order valence-electron chi connectivity index (χ4n) is 2.69. The van der Waals surface area contributed by atoms with Crippen molar-refractivity contribution in [3.63, 3.8) is 0 Å². The molecule has 0 aromatic heterocycles. The molecule has 0 heterocycles. The Bertz CT molecular complexity index is 810. The van der Waals surface area contributed by atoms with E-state index in [0.29, 0.717) is 12.3 Å². The van der Waals surface area contributed by atoms with Gasteiger partial charge in [0, 0.05) is 18.3 Å². The minimum absolute atomic E-state index is 0.148. The van der Waals surface area contributed by atoms with E-state index in [-0.39, 0.29) is 11.7 Å². The van der Waals surface area contributed by atoms with Crippen molar-refractivity contribution in [1.29, 1.82) is 0 Å². The highest BCUT2D eigenvalue weighted by molar-refractivity contribution is 5.55. The Morgan fingerprint density at radius 1 is 1.22 bits per heavy atom. The van der Waals surface area contributed by atoms with E-state index in [9.17, 15) is 23.3 Å². The fraction of sp³-hybridized carbons (Fsp3) is 0.333. The van der Waals surface area contributed by atoms with E-state index >= 15 is 0 Å². The molecule has 2 aromatic carbocycles. The van der Waals surface area contributed by atoms with Gasteiger partial charge in [0.05, 0.1) is 18.1 Å². The predicted octanol–water partition coefficient (Wildman–Crippen LogP) is 4.34. The first kappa shape index (κ1) is 20.5. The highest BCUT2D eigenvalue weighted by Crippen LogP contribution is 2.37. The Labute approximate surface area is 154 Å². The van der Waals surface area contributed by atoms with Crippen LogP contribution in [0.2, 0.25) is 0 Å². The van der Waals surface area contributed by atoms with Gasteiger partial charge in [0.15, 0.2) is 0 Å². The maximum atomic E-state index is 13.1. The van der Waals surface area contributed by atoms with Gasteiger partial charge in [-0.15, -0.1) is 0 Å². The molecule has 0 bridgehead atoms. The van der Waals surface area contributed by atoms with Crippen LogP contribution >= 0.6 is 0 Å². The van der Waals surface area contributed by atoms with Gasteiger partial charge in [0.1, 0.15) is 11.3 Å². The standard InChI is InChI=1S/C18H20F3N3O3/c1-23(2)17(12-5-4-6-14(9-12)27-3)11-22-13-7-8-16(24(25)26)15(10-13)18(19,20)21/h4-10,17,22H,11H2,1-3H3. The molecule has 27 heavy (non-hydrogen) atoms.